The standard InChI is InChI=1S/C23H21N5O3S2/c1-5-28-22(29)17-12(2)14(4)33-21(17)24-23(28)32-11-16-25-26-20(30-16)18-13(3)31-27-19(18)15-9-7-6-8-10-15/h6-10H,5,11H2,1-4H3. The molecule has 0 aliphatic rings. The minimum absolute atomic E-state index is 0.00864. The fourth-order valence-corrected chi connectivity index (χ4v) is 5.62. The lowest BCUT2D eigenvalue weighted by molar-refractivity contribution is 0.399. The van der Waals surface area contributed by atoms with Crippen molar-refractivity contribution in [1.82, 2.24) is 24.9 Å². The van der Waals surface area contributed by atoms with Crippen molar-refractivity contribution in [3.8, 4) is 22.7 Å². The number of aryl methyl sites for hydroxylation is 3. The van der Waals surface area contributed by atoms with Gasteiger partial charge in [-0.15, -0.1) is 21.5 Å². The van der Waals surface area contributed by atoms with Gasteiger partial charge in [0.2, 0.25) is 5.89 Å². The smallest absolute Gasteiger partial charge is 0.263 e. The van der Waals surface area contributed by atoms with Crippen molar-refractivity contribution in [2.75, 3.05) is 0 Å². The Labute approximate surface area is 197 Å². The first kappa shape index (κ1) is 21.6. The largest absolute Gasteiger partial charge is 0.420 e. The van der Waals surface area contributed by atoms with Crippen molar-refractivity contribution < 1.29 is 8.94 Å². The summed E-state index contributed by atoms with van der Waals surface area (Å²) in [6.45, 7) is 8.28. The Bertz CT molecular complexity index is 1510. The number of hydrogen-bond acceptors (Lipinski definition) is 9. The number of fused-ring (bicyclic) bond motifs is 1. The molecule has 0 aliphatic carbocycles. The van der Waals surface area contributed by atoms with Gasteiger partial charge in [-0.3, -0.25) is 9.36 Å². The third kappa shape index (κ3) is 3.79. The summed E-state index contributed by atoms with van der Waals surface area (Å²) in [5, 5.41) is 14.0. The molecule has 0 saturated carbocycles. The Morgan fingerprint density at radius 2 is 1.91 bits per heavy atom. The fourth-order valence-electron chi connectivity index (χ4n) is 3.65. The highest BCUT2D eigenvalue weighted by molar-refractivity contribution is 7.98. The van der Waals surface area contributed by atoms with Gasteiger partial charge in [-0.25, -0.2) is 4.98 Å². The molecule has 0 bridgehead atoms. The molecule has 0 radical (unpaired) electrons. The van der Waals surface area contributed by atoms with Crippen LogP contribution in [0.2, 0.25) is 0 Å². The lowest BCUT2D eigenvalue weighted by Crippen LogP contribution is -2.22. The Morgan fingerprint density at radius 3 is 2.67 bits per heavy atom. The topological polar surface area (TPSA) is 99.8 Å². The second-order valence-corrected chi connectivity index (χ2v) is 9.67. The van der Waals surface area contributed by atoms with E-state index in [1.165, 1.54) is 11.8 Å². The molecule has 0 N–H and O–H groups in total. The Balaban J connectivity index is 1.44. The number of hydrogen-bond donors (Lipinski definition) is 0. The molecule has 0 unspecified atom stereocenters. The molecule has 4 aromatic heterocycles. The second-order valence-electron chi connectivity index (χ2n) is 7.53. The molecule has 4 heterocycles. The number of rotatable bonds is 6. The SMILES string of the molecule is CCn1c(SCc2nnc(-c3c(-c4ccccc4)noc3C)o2)nc2sc(C)c(C)c2c1=O. The van der Waals surface area contributed by atoms with E-state index in [-0.39, 0.29) is 5.56 Å². The van der Waals surface area contributed by atoms with Crippen molar-refractivity contribution >= 4 is 33.3 Å². The van der Waals surface area contributed by atoms with E-state index in [4.69, 9.17) is 13.9 Å². The molecule has 33 heavy (non-hydrogen) atoms. The number of thiophene rings is 1. The molecule has 1 aromatic carbocycles. The molecule has 0 atom stereocenters. The van der Waals surface area contributed by atoms with Crippen LogP contribution < -0.4 is 5.56 Å². The van der Waals surface area contributed by atoms with Crippen molar-refractivity contribution in [2.24, 2.45) is 0 Å². The Morgan fingerprint density at radius 1 is 1.12 bits per heavy atom. The highest BCUT2D eigenvalue weighted by Gasteiger charge is 2.22. The van der Waals surface area contributed by atoms with E-state index in [1.807, 2.05) is 58.0 Å². The van der Waals surface area contributed by atoms with Gasteiger partial charge in [-0.05, 0) is 33.3 Å². The number of nitrogens with zero attached hydrogens (tertiary/aromatic N) is 5. The van der Waals surface area contributed by atoms with Gasteiger partial charge in [0, 0.05) is 17.0 Å². The average molecular weight is 480 g/mol. The minimum Gasteiger partial charge on any atom is -0.420 e. The van der Waals surface area contributed by atoms with Crippen LogP contribution in [0.3, 0.4) is 0 Å². The third-order valence-electron chi connectivity index (χ3n) is 5.49. The van der Waals surface area contributed by atoms with Crippen molar-refractivity contribution in [1.29, 1.82) is 0 Å². The maximum absolute atomic E-state index is 13.0. The number of thioether (sulfide) groups is 1. The summed E-state index contributed by atoms with van der Waals surface area (Å²) < 4.78 is 13.1. The van der Waals surface area contributed by atoms with Crippen molar-refractivity contribution in [2.45, 2.75) is 45.1 Å². The maximum atomic E-state index is 13.0. The highest BCUT2D eigenvalue weighted by Crippen LogP contribution is 2.34. The average Bonchev–Trinajstić information content (AvgIpc) is 3.50. The molecule has 8 nitrogen and oxygen atoms in total. The van der Waals surface area contributed by atoms with Crippen LogP contribution in [0.4, 0.5) is 0 Å². The Hall–Kier alpha value is -3.24. The molecule has 168 valence electrons. The zero-order chi connectivity index (χ0) is 23.1. The molecular weight excluding hydrogens is 458 g/mol. The zero-order valence-electron chi connectivity index (χ0n) is 18.6. The molecule has 5 aromatic rings. The fraction of sp³-hybridized carbons (Fsp3) is 0.261. The van der Waals surface area contributed by atoms with Crippen molar-refractivity contribution in [3.05, 3.63) is 62.8 Å². The normalized spacial score (nSPS) is 11.5. The van der Waals surface area contributed by atoms with Gasteiger partial charge in [-0.2, -0.15) is 0 Å². The summed E-state index contributed by atoms with van der Waals surface area (Å²) in [6, 6.07) is 9.72. The van der Waals surface area contributed by atoms with Gasteiger partial charge in [0.1, 0.15) is 21.8 Å². The van der Waals surface area contributed by atoms with Gasteiger partial charge < -0.3 is 8.94 Å². The zero-order valence-corrected chi connectivity index (χ0v) is 20.2. The first-order chi connectivity index (χ1) is 16.0. The first-order valence-corrected chi connectivity index (χ1v) is 12.3. The van der Waals surface area contributed by atoms with Crippen LogP contribution >= 0.6 is 23.1 Å². The summed E-state index contributed by atoms with van der Waals surface area (Å²) in [6.07, 6.45) is 0. The van der Waals surface area contributed by atoms with E-state index in [2.05, 4.69) is 15.4 Å². The first-order valence-electron chi connectivity index (χ1n) is 10.5. The number of aromatic nitrogens is 5. The number of benzene rings is 1. The maximum Gasteiger partial charge on any atom is 0.263 e. The van der Waals surface area contributed by atoms with Gasteiger partial charge >= 0.3 is 0 Å². The van der Waals surface area contributed by atoms with E-state index in [0.29, 0.717) is 51.6 Å². The quantitative estimate of drug-likeness (QED) is 0.236. The predicted molar refractivity (Wildman–Crippen MR) is 129 cm³/mol. The van der Waals surface area contributed by atoms with Gasteiger partial charge in [-0.1, -0.05) is 47.3 Å². The van der Waals surface area contributed by atoms with E-state index in [9.17, 15) is 4.79 Å². The summed E-state index contributed by atoms with van der Waals surface area (Å²) in [5.74, 6) is 1.78. The Kier molecular flexibility index (Phi) is 5.63. The van der Waals surface area contributed by atoms with Crippen LogP contribution in [-0.4, -0.2) is 24.9 Å². The summed E-state index contributed by atoms with van der Waals surface area (Å²) in [7, 11) is 0. The van der Waals surface area contributed by atoms with Crippen LogP contribution in [0.25, 0.3) is 32.9 Å². The predicted octanol–water partition coefficient (Wildman–Crippen LogP) is 5.40. The van der Waals surface area contributed by atoms with E-state index >= 15 is 0 Å². The third-order valence-corrected chi connectivity index (χ3v) is 7.55. The molecule has 0 aliphatic heterocycles. The van der Waals surface area contributed by atoms with Crippen LogP contribution in [0, 0.1) is 20.8 Å². The second kappa shape index (κ2) is 8.60. The molecule has 0 spiro atoms. The highest BCUT2D eigenvalue weighted by atomic mass is 32.2. The lowest BCUT2D eigenvalue weighted by Gasteiger charge is -2.08. The van der Waals surface area contributed by atoms with E-state index in [0.717, 1.165) is 20.8 Å². The van der Waals surface area contributed by atoms with E-state index in [1.54, 1.807) is 15.9 Å². The molecular formula is C23H21N5O3S2. The summed E-state index contributed by atoms with van der Waals surface area (Å²) in [5.41, 5.74) is 3.24. The van der Waals surface area contributed by atoms with Crippen LogP contribution in [-0.2, 0) is 12.3 Å². The monoisotopic (exact) mass is 479 g/mol. The van der Waals surface area contributed by atoms with Crippen LogP contribution in [0.1, 0.15) is 29.0 Å². The summed E-state index contributed by atoms with van der Waals surface area (Å²) in [4.78, 5) is 19.7. The van der Waals surface area contributed by atoms with Gasteiger partial charge in [0.15, 0.2) is 5.16 Å². The van der Waals surface area contributed by atoms with Gasteiger partial charge in [0.05, 0.1) is 11.1 Å². The summed E-state index contributed by atoms with van der Waals surface area (Å²) >= 11 is 2.95. The molecule has 0 saturated heterocycles. The van der Waals surface area contributed by atoms with Crippen molar-refractivity contribution in [3.63, 3.8) is 0 Å². The van der Waals surface area contributed by atoms with Gasteiger partial charge in [0.25, 0.3) is 11.4 Å². The van der Waals surface area contributed by atoms with E-state index < -0.39 is 0 Å². The van der Waals surface area contributed by atoms with Crippen LogP contribution in [0.15, 0.2) is 49.2 Å². The molecule has 0 fully saturated rings. The minimum atomic E-state index is -0.00864. The lowest BCUT2D eigenvalue weighted by atomic mass is 10.1. The van der Waals surface area contributed by atoms with Crippen LogP contribution in [0.5, 0.6) is 0 Å². The molecule has 10 heteroatoms. The molecule has 0 amide bonds. The molecule has 5 rings (SSSR count).